The van der Waals surface area contributed by atoms with Crippen molar-refractivity contribution in [3.05, 3.63) is 24.3 Å². The lowest BCUT2D eigenvalue weighted by Gasteiger charge is -2.44. The number of nitrogens with two attached hydrogens (primary N) is 1. The Morgan fingerprint density at radius 3 is 2.73 bits per heavy atom. The first-order valence-electron chi connectivity index (χ1n) is 10.4. The first-order chi connectivity index (χ1) is 14.2. The van der Waals surface area contributed by atoms with Gasteiger partial charge >= 0.3 is 12.1 Å². The molecule has 9 heteroatoms. The van der Waals surface area contributed by atoms with E-state index in [-0.39, 0.29) is 25.0 Å². The van der Waals surface area contributed by atoms with Crippen molar-refractivity contribution in [1.29, 1.82) is 0 Å². The summed E-state index contributed by atoms with van der Waals surface area (Å²) in [5, 5.41) is 0. The molecule has 3 heterocycles. The van der Waals surface area contributed by atoms with Crippen LogP contribution in [-0.2, 0) is 23.8 Å². The highest BCUT2D eigenvalue weighted by molar-refractivity contribution is 5.93. The van der Waals surface area contributed by atoms with Gasteiger partial charge in [0, 0.05) is 13.1 Å². The highest BCUT2D eigenvalue weighted by Crippen LogP contribution is 2.50. The van der Waals surface area contributed by atoms with Crippen molar-refractivity contribution in [3.63, 3.8) is 0 Å². The van der Waals surface area contributed by atoms with Crippen LogP contribution in [0.25, 0.3) is 0 Å². The maximum Gasteiger partial charge on any atom is 0.410 e. The van der Waals surface area contributed by atoms with Crippen molar-refractivity contribution in [1.82, 2.24) is 9.80 Å². The molecule has 1 aliphatic carbocycles. The van der Waals surface area contributed by atoms with Crippen LogP contribution in [0.5, 0.6) is 0 Å². The summed E-state index contributed by atoms with van der Waals surface area (Å²) in [7, 11) is 0. The summed E-state index contributed by atoms with van der Waals surface area (Å²) < 4.78 is 17.3. The number of fused-ring (bicyclic) bond motifs is 3. The minimum Gasteiger partial charge on any atom is -0.445 e. The van der Waals surface area contributed by atoms with Crippen LogP contribution in [0.2, 0.25) is 0 Å². The summed E-state index contributed by atoms with van der Waals surface area (Å²) in [6.07, 6.45) is 2.52. The van der Waals surface area contributed by atoms with Crippen molar-refractivity contribution in [2.45, 2.75) is 63.1 Å². The first-order valence-corrected chi connectivity index (χ1v) is 10.4. The average molecular weight is 419 g/mol. The van der Waals surface area contributed by atoms with E-state index in [0.717, 1.165) is 18.4 Å². The molecular formula is C21H29N3O6. The van der Waals surface area contributed by atoms with E-state index in [4.69, 9.17) is 19.9 Å². The fraction of sp³-hybridized carbons (Fsp3) is 0.667. The van der Waals surface area contributed by atoms with Gasteiger partial charge in [-0.1, -0.05) is 24.3 Å². The lowest BCUT2D eigenvalue weighted by Crippen LogP contribution is -2.69. The molecule has 0 aromatic heterocycles. The Labute approximate surface area is 175 Å². The van der Waals surface area contributed by atoms with Crippen molar-refractivity contribution in [3.8, 4) is 0 Å². The Morgan fingerprint density at radius 1 is 1.43 bits per heavy atom. The van der Waals surface area contributed by atoms with Crippen molar-refractivity contribution in [2.75, 3.05) is 19.7 Å². The second kappa shape index (κ2) is 7.09. The molecule has 0 aromatic carbocycles. The van der Waals surface area contributed by atoms with E-state index in [1.54, 1.807) is 13.8 Å². The van der Waals surface area contributed by atoms with E-state index in [0.29, 0.717) is 6.54 Å². The highest BCUT2D eigenvalue weighted by Gasteiger charge is 2.74. The standard InChI is InChI=1S/C21H29N3O6/c1-5-9-28-19(27)24-11-12(3)10-20(4)17(24)21(22)14(30-20)15(23(6-2)18(21)26)29-16(25)13-7-8-13/h5,10,13-15,17H,1,6-9,11,22H2,2-4H3/t14-,15+,17-,20+,21-/m1/s1. The summed E-state index contributed by atoms with van der Waals surface area (Å²) in [6, 6.07) is -0.804. The van der Waals surface area contributed by atoms with Crippen molar-refractivity contribution >= 4 is 18.0 Å². The number of hydrogen-bond donors (Lipinski definition) is 1. The smallest absolute Gasteiger partial charge is 0.410 e. The molecular weight excluding hydrogens is 390 g/mol. The lowest BCUT2D eigenvalue weighted by molar-refractivity contribution is -0.175. The minimum atomic E-state index is -1.57. The zero-order valence-corrected chi connectivity index (χ0v) is 17.6. The number of ether oxygens (including phenoxy) is 3. The summed E-state index contributed by atoms with van der Waals surface area (Å²) in [6.45, 7) is 9.64. The largest absolute Gasteiger partial charge is 0.445 e. The van der Waals surface area contributed by atoms with Gasteiger partial charge in [0.15, 0.2) is 5.54 Å². The van der Waals surface area contributed by atoms with E-state index >= 15 is 0 Å². The van der Waals surface area contributed by atoms with Crippen molar-refractivity contribution in [2.24, 2.45) is 11.7 Å². The van der Waals surface area contributed by atoms with Gasteiger partial charge in [-0.3, -0.25) is 14.5 Å². The Bertz CT molecular complexity index is 824. The van der Waals surface area contributed by atoms with E-state index in [2.05, 4.69) is 6.58 Å². The molecule has 9 nitrogen and oxygen atoms in total. The van der Waals surface area contributed by atoms with Gasteiger partial charge in [-0.2, -0.15) is 0 Å². The third-order valence-corrected chi connectivity index (χ3v) is 6.36. The Hall–Kier alpha value is -2.39. The first kappa shape index (κ1) is 20.9. The van der Waals surface area contributed by atoms with Crippen LogP contribution >= 0.6 is 0 Å². The number of likely N-dealkylation sites (N-methyl/N-ethyl adjacent to an activating group) is 1. The molecule has 0 radical (unpaired) electrons. The number of nitrogens with zero attached hydrogens (tertiary/aromatic N) is 2. The molecule has 2 amide bonds. The topological polar surface area (TPSA) is 111 Å². The van der Waals surface area contributed by atoms with E-state index in [1.807, 2.05) is 13.0 Å². The van der Waals surface area contributed by atoms with Crippen molar-refractivity contribution < 1.29 is 28.6 Å². The van der Waals surface area contributed by atoms with Gasteiger partial charge in [0.05, 0.1) is 12.0 Å². The van der Waals surface area contributed by atoms with E-state index in [9.17, 15) is 14.4 Å². The summed E-state index contributed by atoms with van der Waals surface area (Å²) in [5.41, 5.74) is 5.07. The van der Waals surface area contributed by atoms with Gasteiger partial charge in [0.2, 0.25) is 6.23 Å². The fourth-order valence-electron chi connectivity index (χ4n) is 5.07. The molecule has 3 fully saturated rings. The second-order valence-corrected chi connectivity index (χ2v) is 8.73. The molecule has 0 spiro atoms. The van der Waals surface area contributed by atoms with Crippen LogP contribution in [0.3, 0.4) is 0 Å². The molecule has 3 aliphatic heterocycles. The van der Waals surface area contributed by atoms with Gasteiger partial charge < -0.3 is 24.8 Å². The zero-order chi connectivity index (χ0) is 21.8. The van der Waals surface area contributed by atoms with Crippen LogP contribution in [0, 0.1) is 5.92 Å². The molecule has 0 aromatic rings. The Kier molecular flexibility index (Phi) is 4.93. The number of amides is 2. The summed E-state index contributed by atoms with van der Waals surface area (Å²) in [5.74, 6) is -0.863. The van der Waals surface area contributed by atoms with Gasteiger partial charge in [0.25, 0.3) is 5.91 Å². The van der Waals surface area contributed by atoms with Gasteiger partial charge in [0.1, 0.15) is 18.3 Å². The molecule has 30 heavy (non-hydrogen) atoms. The number of likely N-dealkylation sites (tertiary alicyclic amines) is 1. The van der Waals surface area contributed by atoms with Gasteiger partial charge in [-0.25, -0.2) is 4.79 Å². The number of carbonyl (C=O) groups is 3. The number of rotatable bonds is 5. The van der Waals surface area contributed by atoms with Crippen LogP contribution in [0.1, 0.15) is 33.6 Å². The third-order valence-electron chi connectivity index (χ3n) is 6.36. The van der Waals surface area contributed by atoms with Crippen LogP contribution in [0.4, 0.5) is 4.79 Å². The van der Waals surface area contributed by atoms with Crippen LogP contribution in [0.15, 0.2) is 24.3 Å². The number of esters is 1. The van der Waals surface area contributed by atoms with Crippen LogP contribution < -0.4 is 5.73 Å². The molecule has 4 aliphatic rings. The summed E-state index contributed by atoms with van der Waals surface area (Å²) in [4.78, 5) is 41.6. The Balaban J connectivity index is 1.72. The molecule has 2 N–H and O–H groups in total. The SMILES string of the molecule is C=CCOC(=O)N1CC(C)=C[C@]2(C)O[C@@H]3[C@H](OC(=O)C4CC4)N(CC)C(=O)[C@]3(N)[C@H]12. The molecule has 0 unspecified atom stereocenters. The monoisotopic (exact) mass is 419 g/mol. The predicted octanol–water partition coefficient (Wildman–Crippen LogP) is 0.936. The van der Waals surface area contributed by atoms with Crippen LogP contribution in [-0.4, -0.2) is 77.0 Å². The van der Waals surface area contributed by atoms with E-state index in [1.165, 1.54) is 15.9 Å². The highest BCUT2D eigenvalue weighted by atomic mass is 16.6. The predicted molar refractivity (Wildman–Crippen MR) is 106 cm³/mol. The Morgan fingerprint density at radius 2 is 2.13 bits per heavy atom. The van der Waals surface area contributed by atoms with Gasteiger partial charge in [-0.05, 0) is 33.6 Å². The normalized spacial score (nSPS) is 37.4. The average Bonchev–Trinajstić information content (AvgIpc) is 3.48. The molecule has 2 saturated heterocycles. The zero-order valence-electron chi connectivity index (χ0n) is 17.6. The van der Waals surface area contributed by atoms with Gasteiger partial charge in [-0.15, -0.1) is 0 Å². The molecule has 4 rings (SSSR count). The molecule has 5 atom stereocenters. The maximum atomic E-state index is 13.5. The number of hydrogen-bond acceptors (Lipinski definition) is 7. The number of carbonyl (C=O) groups excluding carboxylic acids is 3. The molecule has 0 bridgehead atoms. The third kappa shape index (κ3) is 2.94. The fourth-order valence-corrected chi connectivity index (χ4v) is 5.07. The quantitative estimate of drug-likeness (QED) is 0.521. The van der Waals surface area contributed by atoms with E-state index < -0.39 is 41.5 Å². The second-order valence-electron chi connectivity index (χ2n) is 8.73. The lowest BCUT2D eigenvalue weighted by atomic mass is 9.77. The molecule has 164 valence electrons. The molecule has 1 saturated carbocycles. The maximum absolute atomic E-state index is 13.5. The minimum absolute atomic E-state index is 0.0417. The summed E-state index contributed by atoms with van der Waals surface area (Å²) >= 11 is 0.